The molecule has 1 aromatic carbocycles. The zero-order chi connectivity index (χ0) is 15.6. The molecule has 1 unspecified atom stereocenters. The van der Waals surface area contributed by atoms with Crippen LogP contribution in [0.15, 0.2) is 18.2 Å². The van der Waals surface area contributed by atoms with Crippen LogP contribution in [0.1, 0.15) is 23.2 Å². The first kappa shape index (κ1) is 16.0. The zero-order valence-corrected chi connectivity index (χ0v) is 12.5. The summed E-state index contributed by atoms with van der Waals surface area (Å²) in [6, 6.07) is 2.63. The average Bonchev–Trinajstić information content (AvgIpc) is 2.75. The highest BCUT2D eigenvalue weighted by Gasteiger charge is 2.30. The molecule has 0 N–H and O–H groups in total. The van der Waals surface area contributed by atoms with E-state index in [9.17, 15) is 22.0 Å². The number of rotatable bonds is 5. The molecule has 2 rings (SSSR count). The van der Waals surface area contributed by atoms with Crippen LogP contribution in [0.4, 0.5) is 8.78 Å². The lowest BCUT2D eigenvalue weighted by molar-refractivity contribution is 0.0962. The Labute approximate surface area is 122 Å². The fraction of sp³-hybridized carbons (Fsp3) is 0.500. The van der Waals surface area contributed by atoms with E-state index in [1.807, 2.05) is 4.90 Å². The van der Waals surface area contributed by atoms with Crippen molar-refractivity contribution >= 4 is 15.6 Å². The number of carbonyl (C=O) groups excluding carboxylic acids is 1. The molecule has 21 heavy (non-hydrogen) atoms. The van der Waals surface area contributed by atoms with Gasteiger partial charge in [0.15, 0.2) is 15.6 Å². The third-order valence-electron chi connectivity index (χ3n) is 3.71. The molecule has 1 saturated heterocycles. The maximum Gasteiger partial charge on any atom is 0.164 e. The van der Waals surface area contributed by atoms with Crippen molar-refractivity contribution in [1.82, 2.24) is 4.90 Å². The summed E-state index contributed by atoms with van der Waals surface area (Å²) in [6.07, 6.45) is 0.650. The van der Waals surface area contributed by atoms with Gasteiger partial charge in [-0.1, -0.05) is 0 Å². The van der Waals surface area contributed by atoms with Crippen molar-refractivity contribution in [3.05, 3.63) is 35.4 Å². The molecule has 0 radical (unpaired) electrons. The highest BCUT2D eigenvalue weighted by Crippen LogP contribution is 2.17. The lowest BCUT2D eigenvalue weighted by Crippen LogP contribution is -2.34. The molecule has 0 bridgehead atoms. The van der Waals surface area contributed by atoms with E-state index in [0.717, 1.165) is 12.1 Å². The van der Waals surface area contributed by atoms with Crippen LogP contribution in [0.2, 0.25) is 0 Å². The van der Waals surface area contributed by atoms with Crippen LogP contribution < -0.4 is 0 Å². The summed E-state index contributed by atoms with van der Waals surface area (Å²) < 4.78 is 48.9. The van der Waals surface area contributed by atoms with Crippen LogP contribution in [0.3, 0.4) is 0 Å². The maximum atomic E-state index is 13.0. The lowest BCUT2D eigenvalue weighted by atomic mass is 10.1. The first-order chi connectivity index (χ1) is 9.77. The number of benzene rings is 1. The summed E-state index contributed by atoms with van der Waals surface area (Å²) in [5.74, 6) is -1.65. The minimum Gasteiger partial charge on any atom is -0.302 e. The van der Waals surface area contributed by atoms with Gasteiger partial charge >= 0.3 is 0 Å². The fourth-order valence-electron chi connectivity index (χ4n) is 2.44. The number of nitrogens with zero attached hydrogens (tertiary/aromatic N) is 1. The Bertz CT molecular complexity index is 625. The highest BCUT2D eigenvalue weighted by molar-refractivity contribution is 7.91. The van der Waals surface area contributed by atoms with Crippen molar-refractivity contribution in [2.45, 2.75) is 18.9 Å². The Kier molecular flexibility index (Phi) is 4.73. The van der Waals surface area contributed by atoms with E-state index in [4.69, 9.17) is 0 Å². The maximum absolute atomic E-state index is 13.0. The predicted octanol–water partition coefficient (Wildman–Crippen LogP) is 1.66. The van der Waals surface area contributed by atoms with Gasteiger partial charge in [-0.15, -0.1) is 0 Å². The second-order valence-electron chi connectivity index (χ2n) is 5.37. The first-order valence-corrected chi connectivity index (χ1v) is 8.49. The Morgan fingerprint density at radius 1 is 1.29 bits per heavy atom. The molecular formula is C14H17F2NO3S. The number of sulfone groups is 1. The van der Waals surface area contributed by atoms with Gasteiger partial charge in [0.05, 0.1) is 11.5 Å². The molecule has 0 aromatic heterocycles. The van der Waals surface area contributed by atoms with E-state index in [2.05, 4.69) is 0 Å². The number of hydrogen-bond acceptors (Lipinski definition) is 4. The smallest absolute Gasteiger partial charge is 0.164 e. The number of carbonyl (C=O) groups is 1. The van der Waals surface area contributed by atoms with Gasteiger partial charge in [-0.25, -0.2) is 17.2 Å². The molecule has 1 aliphatic heterocycles. The molecule has 116 valence electrons. The Hall–Kier alpha value is -1.34. The molecule has 1 aromatic rings. The van der Waals surface area contributed by atoms with E-state index in [-0.39, 0.29) is 35.3 Å². The molecule has 1 heterocycles. The van der Waals surface area contributed by atoms with Gasteiger partial charge in [-0.2, -0.15) is 0 Å². The molecular weight excluding hydrogens is 300 g/mol. The van der Waals surface area contributed by atoms with Crippen LogP contribution in [0.5, 0.6) is 0 Å². The van der Waals surface area contributed by atoms with Crippen LogP contribution in [0, 0.1) is 11.6 Å². The highest BCUT2D eigenvalue weighted by atomic mass is 32.2. The summed E-state index contributed by atoms with van der Waals surface area (Å²) in [7, 11) is -1.21. The quantitative estimate of drug-likeness (QED) is 0.775. The topological polar surface area (TPSA) is 54.5 Å². The molecule has 0 aliphatic carbocycles. The van der Waals surface area contributed by atoms with Gasteiger partial charge in [-0.05, 0) is 25.6 Å². The van der Waals surface area contributed by atoms with E-state index in [0.29, 0.717) is 19.0 Å². The average molecular weight is 317 g/mol. The van der Waals surface area contributed by atoms with Crippen molar-refractivity contribution in [3.8, 4) is 0 Å². The van der Waals surface area contributed by atoms with E-state index in [1.165, 1.54) is 0 Å². The summed E-state index contributed by atoms with van der Waals surface area (Å²) in [6.45, 7) is 0.358. The summed E-state index contributed by atoms with van der Waals surface area (Å²) in [5, 5.41) is 0. The van der Waals surface area contributed by atoms with Gasteiger partial charge in [0, 0.05) is 30.6 Å². The largest absolute Gasteiger partial charge is 0.302 e. The van der Waals surface area contributed by atoms with Crippen LogP contribution in [-0.2, 0) is 9.84 Å². The van der Waals surface area contributed by atoms with Crippen molar-refractivity contribution < 1.29 is 22.0 Å². The van der Waals surface area contributed by atoms with Crippen LogP contribution in [0.25, 0.3) is 0 Å². The van der Waals surface area contributed by atoms with Crippen LogP contribution >= 0.6 is 0 Å². The lowest BCUT2D eigenvalue weighted by Gasteiger charge is -2.22. The normalized spacial score (nSPS) is 20.9. The number of hydrogen-bond donors (Lipinski definition) is 0. The third-order valence-corrected chi connectivity index (χ3v) is 5.46. The zero-order valence-electron chi connectivity index (χ0n) is 11.7. The van der Waals surface area contributed by atoms with E-state index in [1.54, 1.807) is 7.05 Å². The summed E-state index contributed by atoms with van der Waals surface area (Å²) in [5.41, 5.74) is -0.0000523. The molecule has 0 amide bonds. The van der Waals surface area contributed by atoms with Gasteiger partial charge in [0.25, 0.3) is 0 Å². The molecule has 1 atom stereocenters. The predicted molar refractivity (Wildman–Crippen MR) is 75.0 cm³/mol. The molecule has 1 aliphatic rings. The molecule has 7 heteroatoms. The van der Waals surface area contributed by atoms with Gasteiger partial charge in [-0.3, -0.25) is 4.79 Å². The van der Waals surface area contributed by atoms with Crippen molar-refractivity contribution in [3.63, 3.8) is 0 Å². The minimum absolute atomic E-state index is 0.0000523. The number of halogens is 2. The minimum atomic E-state index is -2.97. The van der Waals surface area contributed by atoms with E-state index < -0.39 is 21.5 Å². The van der Waals surface area contributed by atoms with E-state index >= 15 is 0 Å². The van der Waals surface area contributed by atoms with Crippen molar-refractivity contribution in [2.24, 2.45) is 0 Å². The molecule has 0 spiro atoms. The first-order valence-electron chi connectivity index (χ1n) is 6.67. The van der Waals surface area contributed by atoms with Gasteiger partial charge in [0.1, 0.15) is 11.6 Å². The number of Topliss-reactive ketones (excluding diaryl/α,β-unsaturated/α-hetero) is 1. The molecule has 1 fully saturated rings. The Morgan fingerprint density at radius 3 is 2.43 bits per heavy atom. The Balaban J connectivity index is 1.92. The van der Waals surface area contributed by atoms with Gasteiger partial charge in [0.2, 0.25) is 0 Å². The van der Waals surface area contributed by atoms with Gasteiger partial charge < -0.3 is 4.90 Å². The monoisotopic (exact) mass is 317 g/mol. The Morgan fingerprint density at radius 2 is 1.90 bits per heavy atom. The van der Waals surface area contributed by atoms with Crippen molar-refractivity contribution in [2.75, 3.05) is 25.1 Å². The standard InChI is InChI=1S/C14H17F2NO3S/c1-17(13-3-5-21(19,20)9-13)4-2-14(18)10-6-11(15)8-12(16)7-10/h6-8,13H,2-5,9H2,1H3. The third kappa shape index (κ3) is 4.31. The number of ketones is 1. The summed E-state index contributed by atoms with van der Waals surface area (Å²) >= 11 is 0. The molecule has 0 saturated carbocycles. The summed E-state index contributed by atoms with van der Waals surface area (Å²) in [4.78, 5) is 13.7. The second kappa shape index (κ2) is 6.19. The fourth-order valence-corrected chi connectivity index (χ4v) is 4.25. The second-order valence-corrected chi connectivity index (χ2v) is 7.60. The van der Waals surface area contributed by atoms with Crippen molar-refractivity contribution in [1.29, 1.82) is 0 Å². The SMILES string of the molecule is CN(CCC(=O)c1cc(F)cc(F)c1)C1CCS(=O)(=O)C1. The van der Waals surface area contributed by atoms with Crippen LogP contribution in [-0.4, -0.2) is 50.2 Å². The molecule has 4 nitrogen and oxygen atoms in total.